The van der Waals surface area contributed by atoms with Crippen molar-refractivity contribution in [1.29, 1.82) is 0 Å². The van der Waals surface area contributed by atoms with Crippen LogP contribution >= 0.6 is 11.3 Å². The fraction of sp³-hybridized carbons (Fsp3) is 0.412. The average Bonchev–Trinajstić information content (AvgIpc) is 3.01. The third kappa shape index (κ3) is 4.54. The van der Waals surface area contributed by atoms with Gasteiger partial charge in [-0.25, -0.2) is 9.97 Å². The van der Waals surface area contributed by atoms with Gasteiger partial charge in [0, 0.05) is 30.6 Å². The highest BCUT2D eigenvalue weighted by Gasteiger charge is 2.26. The lowest BCUT2D eigenvalue weighted by molar-refractivity contribution is -0.134. The summed E-state index contributed by atoms with van der Waals surface area (Å²) in [6, 6.07) is 3.87. The summed E-state index contributed by atoms with van der Waals surface area (Å²) >= 11 is 1.45. The standard InChI is InChI=1S/C17H21N5O2S/c1-11-2-5-19-14(8-11)21-17-20-13(10-25-17)9-15(23)22-6-3-12(4-7-22)16(18)24/h2,5,8,10,12H,3-4,6-7,9H2,1H3,(H2,18,24)(H,19,20,21). The Hall–Kier alpha value is -2.48. The van der Waals surface area contributed by atoms with Gasteiger partial charge in [-0.3, -0.25) is 9.59 Å². The number of aromatic nitrogens is 2. The molecule has 2 amide bonds. The Morgan fingerprint density at radius 2 is 2.16 bits per heavy atom. The first kappa shape index (κ1) is 17.3. The van der Waals surface area contributed by atoms with Crippen molar-refractivity contribution >= 4 is 34.1 Å². The number of hydrogen-bond acceptors (Lipinski definition) is 6. The van der Waals surface area contributed by atoms with E-state index < -0.39 is 0 Å². The molecule has 8 heteroatoms. The molecule has 0 radical (unpaired) electrons. The first-order valence-electron chi connectivity index (χ1n) is 8.22. The topological polar surface area (TPSA) is 101 Å². The van der Waals surface area contributed by atoms with E-state index in [1.807, 2.05) is 24.4 Å². The minimum Gasteiger partial charge on any atom is -0.369 e. The van der Waals surface area contributed by atoms with Gasteiger partial charge in [0.2, 0.25) is 11.8 Å². The fourth-order valence-electron chi connectivity index (χ4n) is 2.84. The summed E-state index contributed by atoms with van der Waals surface area (Å²) in [5.41, 5.74) is 7.18. The number of primary amides is 1. The van der Waals surface area contributed by atoms with Crippen LogP contribution in [0.15, 0.2) is 23.7 Å². The Morgan fingerprint density at radius 3 is 2.84 bits per heavy atom. The van der Waals surface area contributed by atoms with Gasteiger partial charge in [0.15, 0.2) is 5.13 Å². The summed E-state index contributed by atoms with van der Waals surface area (Å²) in [5, 5.41) is 5.75. The number of rotatable bonds is 5. The summed E-state index contributed by atoms with van der Waals surface area (Å²) in [4.78, 5) is 34.1. The Kier molecular flexibility index (Phi) is 5.28. The summed E-state index contributed by atoms with van der Waals surface area (Å²) in [7, 11) is 0. The van der Waals surface area contributed by atoms with Crippen LogP contribution in [-0.2, 0) is 16.0 Å². The molecule has 1 fully saturated rings. The lowest BCUT2D eigenvalue weighted by Gasteiger charge is -2.30. The fourth-order valence-corrected chi connectivity index (χ4v) is 3.56. The normalized spacial score (nSPS) is 15.2. The molecule has 0 aliphatic carbocycles. The maximum absolute atomic E-state index is 12.4. The summed E-state index contributed by atoms with van der Waals surface area (Å²) < 4.78 is 0. The van der Waals surface area contributed by atoms with Gasteiger partial charge in [-0.2, -0.15) is 0 Å². The second-order valence-corrected chi connectivity index (χ2v) is 7.08. The quantitative estimate of drug-likeness (QED) is 0.848. The van der Waals surface area contributed by atoms with E-state index in [0.29, 0.717) is 31.1 Å². The SMILES string of the molecule is Cc1ccnc(Nc2nc(CC(=O)N3CCC(C(N)=O)CC3)cs2)c1. The Morgan fingerprint density at radius 1 is 1.40 bits per heavy atom. The van der Waals surface area contributed by atoms with Gasteiger partial charge in [0.05, 0.1) is 12.1 Å². The molecule has 0 aromatic carbocycles. The number of likely N-dealkylation sites (tertiary alicyclic amines) is 1. The molecular formula is C17H21N5O2S. The van der Waals surface area contributed by atoms with E-state index in [-0.39, 0.29) is 24.2 Å². The highest BCUT2D eigenvalue weighted by Crippen LogP contribution is 2.22. The number of carbonyl (C=O) groups is 2. The lowest BCUT2D eigenvalue weighted by Crippen LogP contribution is -2.42. The van der Waals surface area contributed by atoms with Crippen molar-refractivity contribution in [3.8, 4) is 0 Å². The van der Waals surface area contributed by atoms with Crippen LogP contribution in [0.1, 0.15) is 24.1 Å². The van der Waals surface area contributed by atoms with Crippen LogP contribution in [0.4, 0.5) is 10.9 Å². The molecule has 1 aliphatic rings. The van der Waals surface area contributed by atoms with Crippen molar-refractivity contribution in [1.82, 2.24) is 14.9 Å². The molecule has 1 saturated heterocycles. The molecule has 3 rings (SSSR count). The number of aryl methyl sites for hydroxylation is 1. The van der Waals surface area contributed by atoms with Crippen molar-refractivity contribution in [3.05, 3.63) is 35.0 Å². The summed E-state index contributed by atoms with van der Waals surface area (Å²) in [6.07, 6.45) is 3.29. The minimum absolute atomic E-state index is 0.0356. The first-order chi connectivity index (χ1) is 12.0. The molecule has 2 aromatic rings. The van der Waals surface area contributed by atoms with Crippen LogP contribution in [0.2, 0.25) is 0 Å². The number of anilines is 2. The van der Waals surface area contributed by atoms with Gasteiger partial charge < -0.3 is 16.0 Å². The van der Waals surface area contributed by atoms with Gasteiger partial charge in [-0.15, -0.1) is 11.3 Å². The molecule has 0 spiro atoms. The number of amides is 2. The van der Waals surface area contributed by atoms with Crippen LogP contribution in [-0.4, -0.2) is 39.8 Å². The van der Waals surface area contributed by atoms with Crippen LogP contribution in [0, 0.1) is 12.8 Å². The van der Waals surface area contributed by atoms with E-state index in [0.717, 1.165) is 17.1 Å². The molecule has 3 N–H and O–H groups in total. The van der Waals surface area contributed by atoms with Crippen LogP contribution in [0.25, 0.3) is 0 Å². The van der Waals surface area contributed by atoms with E-state index in [4.69, 9.17) is 5.73 Å². The molecule has 25 heavy (non-hydrogen) atoms. The third-order valence-corrected chi connectivity index (χ3v) is 5.09. The lowest BCUT2D eigenvalue weighted by atomic mass is 9.96. The number of nitrogens with two attached hydrogens (primary N) is 1. The van der Waals surface area contributed by atoms with Crippen LogP contribution in [0.3, 0.4) is 0 Å². The number of nitrogens with one attached hydrogen (secondary N) is 1. The number of piperidine rings is 1. The zero-order chi connectivity index (χ0) is 17.8. The number of hydrogen-bond donors (Lipinski definition) is 2. The molecule has 1 aliphatic heterocycles. The second kappa shape index (κ2) is 7.60. The van der Waals surface area contributed by atoms with Crippen molar-refractivity contribution in [2.45, 2.75) is 26.2 Å². The summed E-state index contributed by atoms with van der Waals surface area (Å²) in [5.74, 6) is 0.391. The van der Waals surface area contributed by atoms with E-state index in [9.17, 15) is 9.59 Å². The number of nitrogens with zero attached hydrogens (tertiary/aromatic N) is 3. The van der Waals surface area contributed by atoms with Gasteiger partial charge in [0.1, 0.15) is 5.82 Å². The van der Waals surface area contributed by atoms with Crippen molar-refractivity contribution < 1.29 is 9.59 Å². The largest absolute Gasteiger partial charge is 0.369 e. The van der Waals surface area contributed by atoms with Gasteiger partial charge >= 0.3 is 0 Å². The molecule has 0 unspecified atom stereocenters. The Bertz CT molecular complexity index is 768. The van der Waals surface area contributed by atoms with Gasteiger partial charge in [-0.05, 0) is 37.5 Å². The first-order valence-corrected chi connectivity index (χ1v) is 9.10. The second-order valence-electron chi connectivity index (χ2n) is 6.22. The van der Waals surface area contributed by atoms with Gasteiger partial charge in [-0.1, -0.05) is 0 Å². The van der Waals surface area contributed by atoms with Crippen molar-refractivity contribution in [2.75, 3.05) is 18.4 Å². The highest BCUT2D eigenvalue weighted by molar-refractivity contribution is 7.13. The molecule has 132 valence electrons. The maximum atomic E-state index is 12.4. The predicted octanol–water partition coefficient (Wildman–Crippen LogP) is 1.86. The Balaban J connectivity index is 1.54. The molecular weight excluding hydrogens is 338 g/mol. The smallest absolute Gasteiger partial charge is 0.228 e. The van der Waals surface area contributed by atoms with Crippen LogP contribution < -0.4 is 11.1 Å². The van der Waals surface area contributed by atoms with Crippen molar-refractivity contribution in [3.63, 3.8) is 0 Å². The Labute approximate surface area is 150 Å². The highest BCUT2D eigenvalue weighted by atomic mass is 32.1. The van der Waals surface area contributed by atoms with E-state index >= 15 is 0 Å². The molecule has 0 saturated carbocycles. The average molecular weight is 359 g/mol. The number of carbonyl (C=O) groups excluding carboxylic acids is 2. The monoisotopic (exact) mass is 359 g/mol. The molecule has 0 bridgehead atoms. The molecule has 7 nitrogen and oxygen atoms in total. The molecule has 3 heterocycles. The molecule has 0 atom stereocenters. The number of pyridine rings is 1. The predicted molar refractivity (Wildman–Crippen MR) is 96.6 cm³/mol. The minimum atomic E-state index is -0.271. The molecule has 2 aromatic heterocycles. The van der Waals surface area contributed by atoms with E-state index in [1.165, 1.54) is 11.3 Å². The summed E-state index contributed by atoms with van der Waals surface area (Å²) in [6.45, 7) is 3.16. The number of thiazole rings is 1. The van der Waals surface area contributed by atoms with E-state index in [1.54, 1.807) is 11.1 Å². The van der Waals surface area contributed by atoms with E-state index in [2.05, 4.69) is 15.3 Å². The van der Waals surface area contributed by atoms with Gasteiger partial charge in [0.25, 0.3) is 0 Å². The zero-order valence-electron chi connectivity index (χ0n) is 14.1. The van der Waals surface area contributed by atoms with Crippen molar-refractivity contribution in [2.24, 2.45) is 11.7 Å². The zero-order valence-corrected chi connectivity index (χ0v) is 14.9. The van der Waals surface area contributed by atoms with Crippen LogP contribution in [0.5, 0.6) is 0 Å². The maximum Gasteiger partial charge on any atom is 0.228 e. The third-order valence-electron chi connectivity index (χ3n) is 4.28.